The zero-order valence-electron chi connectivity index (χ0n) is 14.4. The van der Waals surface area contributed by atoms with Crippen molar-refractivity contribution in [2.45, 2.75) is 52.2 Å². The predicted molar refractivity (Wildman–Crippen MR) is 90.5 cm³/mol. The highest BCUT2D eigenvalue weighted by atomic mass is 19.1. The highest BCUT2D eigenvalue weighted by molar-refractivity contribution is 5.93. The third-order valence-corrected chi connectivity index (χ3v) is 3.34. The first kappa shape index (κ1) is 17.9. The van der Waals surface area contributed by atoms with Crippen LogP contribution in [0.4, 0.5) is 16.0 Å². The molecule has 0 aliphatic rings. The molecule has 0 aliphatic carbocycles. The number of nitrogens with one attached hydrogen (secondary N) is 1. The lowest BCUT2D eigenvalue weighted by Crippen LogP contribution is -2.30. The van der Waals surface area contributed by atoms with Crippen LogP contribution in [0.1, 0.15) is 41.0 Å². The predicted octanol–water partition coefficient (Wildman–Crippen LogP) is 3.58. The van der Waals surface area contributed by atoms with E-state index in [1.54, 1.807) is 10.6 Å². The number of aliphatic hydroxyl groups is 1. The number of carbonyl (C=O) groups is 1. The van der Waals surface area contributed by atoms with Crippen LogP contribution in [-0.4, -0.2) is 26.2 Å². The minimum atomic E-state index is -1.16. The van der Waals surface area contributed by atoms with Gasteiger partial charge in [-0.1, -0.05) is 0 Å². The van der Waals surface area contributed by atoms with Gasteiger partial charge in [-0.15, -0.1) is 0 Å². The minimum absolute atomic E-state index is 0.0934. The summed E-state index contributed by atoms with van der Waals surface area (Å²) >= 11 is 0. The Morgan fingerprint density at radius 1 is 1.38 bits per heavy atom. The SMILES string of the molecule is [C-]#[N+]c1cc(F)c2nc(NC(=O)CC(C)(C)O)n(C(C)(C)C)c2c1. The maximum Gasteiger partial charge on any atom is 0.229 e. The molecule has 2 aromatic rings. The van der Waals surface area contributed by atoms with E-state index in [0.717, 1.165) is 6.07 Å². The van der Waals surface area contributed by atoms with E-state index in [0.29, 0.717) is 5.52 Å². The van der Waals surface area contributed by atoms with Crippen LogP contribution in [0.25, 0.3) is 15.9 Å². The van der Waals surface area contributed by atoms with Crippen LogP contribution in [0, 0.1) is 12.4 Å². The first-order valence-corrected chi connectivity index (χ1v) is 7.54. The minimum Gasteiger partial charge on any atom is -0.390 e. The molecule has 0 fully saturated rings. The van der Waals surface area contributed by atoms with Gasteiger partial charge in [0.05, 0.1) is 24.1 Å². The number of carbonyl (C=O) groups excluding carboxylic acids is 1. The molecule has 0 unspecified atom stereocenters. The van der Waals surface area contributed by atoms with Gasteiger partial charge in [0.25, 0.3) is 0 Å². The van der Waals surface area contributed by atoms with Crippen LogP contribution >= 0.6 is 0 Å². The number of benzene rings is 1. The zero-order chi connectivity index (χ0) is 18.3. The van der Waals surface area contributed by atoms with E-state index in [9.17, 15) is 14.3 Å². The van der Waals surface area contributed by atoms with E-state index in [4.69, 9.17) is 6.57 Å². The quantitative estimate of drug-likeness (QED) is 0.844. The Hall–Kier alpha value is -2.46. The normalized spacial score (nSPS) is 12.2. The highest BCUT2D eigenvalue weighted by Crippen LogP contribution is 2.32. The summed E-state index contributed by atoms with van der Waals surface area (Å²) in [5.41, 5.74) is -0.965. The van der Waals surface area contributed by atoms with E-state index in [-0.39, 0.29) is 23.6 Å². The molecule has 2 N–H and O–H groups in total. The number of amides is 1. The second kappa shape index (κ2) is 5.87. The third kappa shape index (κ3) is 3.71. The summed E-state index contributed by atoms with van der Waals surface area (Å²) in [5.74, 6) is -0.846. The maximum absolute atomic E-state index is 14.3. The molecule has 1 heterocycles. The number of halogens is 1. The van der Waals surface area contributed by atoms with Gasteiger partial charge in [-0.05, 0) is 46.8 Å². The fourth-order valence-corrected chi connectivity index (χ4v) is 2.51. The molecule has 24 heavy (non-hydrogen) atoms. The van der Waals surface area contributed by atoms with Crippen LogP contribution in [-0.2, 0) is 10.3 Å². The summed E-state index contributed by atoms with van der Waals surface area (Å²) in [4.78, 5) is 19.6. The summed E-state index contributed by atoms with van der Waals surface area (Å²) in [6, 6.07) is 2.67. The van der Waals surface area contributed by atoms with Crippen molar-refractivity contribution in [2.24, 2.45) is 0 Å². The summed E-state index contributed by atoms with van der Waals surface area (Å²) in [5, 5.41) is 12.4. The Bertz CT molecular complexity index is 835. The average molecular weight is 332 g/mol. The number of imidazole rings is 1. The molecule has 0 radical (unpaired) electrons. The van der Waals surface area contributed by atoms with Gasteiger partial charge in [0.15, 0.2) is 5.69 Å². The van der Waals surface area contributed by atoms with Gasteiger partial charge in [0.2, 0.25) is 11.9 Å². The summed E-state index contributed by atoms with van der Waals surface area (Å²) in [6.07, 6.45) is -0.115. The van der Waals surface area contributed by atoms with Crippen molar-refractivity contribution in [3.8, 4) is 0 Å². The van der Waals surface area contributed by atoms with E-state index in [1.807, 2.05) is 20.8 Å². The summed E-state index contributed by atoms with van der Waals surface area (Å²) in [7, 11) is 0. The van der Waals surface area contributed by atoms with Crippen LogP contribution in [0.15, 0.2) is 12.1 Å². The number of aromatic nitrogens is 2. The second-order valence-corrected chi connectivity index (χ2v) is 7.39. The first-order valence-electron chi connectivity index (χ1n) is 7.54. The van der Waals surface area contributed by atoms with Crippen molar-refractivity contribution in [2.75, 3.05) is 5.32 Å². The smallest absolute Gasteiger partial charge is 0.229 e. The third-order valence-electron chi connectivity index (χ3n) is 3.34. The fourth-order valence-electron chi connectivity index (χ4n) is 2.51. The topological polar surface area (TPSA) is 71.5 Å². The first-order chi connectivity index (χ1) is 10.9. The van der Waals surface area contributed by atoms with Gasteiger partial charge >= 0.3 is 0 Å². The van der Waals surface area contributed by atoms with E-state index in [1.165, 1.54) is 13.8 Å². The Balaban J connectivity index is 2.60. The largest absolute Gasteiger partial charge is 0.390 e. The monoisotopic (exact) mass is 332 g/mol. The van der Waals surface area contributed by atoms with Gasteiger partial charge in [-0.2, -0.15) is 0 Å². The highest BCUT2D eigenvalue weighted by Gasteiger charge is 2.26. The molecular weight excluding hydrogens is 311 g/mol. The van der Waals surface area contributed by atoms with Crippen LogP contribution in [0.3, 0.4) is 0 Å². The van der Waals surface area contributed by atoms with Crippen molar-refractivity contribution in [3.05, 3.63) is 29.4 Å². The molecule has 7 heteroatoms. The summed E-state index contributed by atoms with van der Waals surface area (Å²) in [6.45, 7) is 15.8. The van der Waals surface area contributed by atoms with E-state index >= 15 is 0 Å². The Morgan fingerprint density at radius 3 is 2.50 bits per heavy atom. The number of nitrogens with zero attached hydrogens (tertiary/aromatic N) is 3. The number of anilines is 1. The number of hydrogen-bond donors (Lipinski definition) is 2. The van der Waals surface area contributed by atoms with Crippen LogP contribution in [0.2, 0.25) is 0 Å². The number of hydrogen-bond acceptors (Lipinski definition) is 3. The molecule has 1 amide bonds. The van der Waals surface area contributed by atoms with Crippen molar-refractivity contribution < 1.29 is 14.3 Å². The Kier molecular flexibility index (Phi) is 4.38. The molecular formula is C17H21FN4O2. The van der Waals surface area contributed by atoms with Crippen molar-refractivity contribution in [3.63, 3.8) is 0 Å². The molecule has 0 bridgehead atoms. The van der Waals surface area contributed by atoms with Gasteiger partial charge in [0, 0.05) is 5.54 Å². The standard InChI is InChI=1S/C17H21FN4O2/c1-16(2,3)22-12-8-10(19-6)7-11(18)14(12)21-15(22)20-13(23)9-17(4,5)24/h7-8,24H,9H2,1-5H3,(H,20,21,23). The summed E-state index contributed by atoms with van der Waals surface area (Å²) < 4.78 is 15.9. The number of rotatable bonds is 3. The van der Waals surface area contributed by atoms with Gasteiger partial charge in [-0.25, -0.2) is 14.2 Å². The molecule has 6 nitrogen and oxygen atoms in total. The lowest BCUT2D eigenvalue weighted by Gasteiger charge is -2.25. The molecule has 0 saturated heterocycles. The van der Waals surface area contributed by atoms with E-state index in [2.05, 4.69) is 15.1 Å². The zero-order valence-corrected chi connectivity index (χ0v) is 14.4. The molecule has 1 aromatic carbocycles. The maximum atomic E-state index is 14.3. The molecule has 0 aliphatic heterocycles. The van der Waals surface area contributed by atoms with Crippen molar-refractivity contribution in [1.29, 1.82) is 0 Å². The van der Waals surface area contributed by atoms with E-state index < -0.39 is 22.9 Å². The Labute approximate surface area is 140 Å². The molecule has 0 atom stereocenters. The Morgan fingerprint density at radius 2 is 2.00 bits per heavy atom. The second-order valence-electron chi connectivity index (χ2n) is 7.39. The lowest BCUT2D eigenvalue weighted by atomic mass is 10.1. The van der Waals surface area contributed by atoms with Gasteiger partial charge in [0.1, 0.15) is 11.3 Å². The molecule has 0 saturated carbocycles. The molecule has 128 valence electrons. The molecule has 0 spiro atoms. The lowest BCUT2D eigenvalue weighted by molar-refractivity contribution is -0.119. The fraction of sp³-hybridized carbons (Fsp3) is 0.471. The van der Waals surface area contributed by atoms with Crippen molar-refractivity contribution in [1.82, 2.24) is 9.55 Å². The number of fused-ring (bicyclic) bond motifs is 1. The van der Waals surface area contributed by atoms with Crippen LogP contribution < -0.4 is 5.32 Å². The molecule has 2 rings (SSSR count). The molecule has 1 aromatic heterocycles. The average Bonchev–Trinajstić information content (AvgIpc) is 2.74. The van der Waals surface area contributed by atoms with Crippen LogP contribution in [0.5, 0.6) is 0 Å². The van der Waals surface area contributed by atoms with Crippen molar-refractivity contribution >= 4 is 28.6 Å². The van der Waals surface area contributed by atoms with Gasteiger partial charge < -0.3 is 9.67 Å². The van der Waals surface area contributed by atoms with Gasteiger partial charge in [-0.3, -0.25) is 10.1 Å².